The molecule has 0 unspecified atom stereocenters. The van der Waals surface area contributed by atoms with E-state index in [1.165, 1.54) is 0 Å². The van der Waals surface area contributed by atoms with Crippen molar-refractivity contribution in [2.75, 3.05) is 6.61 Å². The Balaban J connectivity index is 2.26. The van der Waals surface area contributed by atoms with Gasteiger partial charge in [-0.05, 0) is 54.8 Å². The lowest BCUT2D eigenvalue weighted by Crippen LogP contribution is -2.14. The van der Waals surface area contributed by atoms with Crippen LogP contribution in [0.15, 0.2) is 47.6 Å². The summed E-state index contributed by atoms with van der Waals surface area (Å²) in [6, 6.07) is 12.7. The summed E-state index contributed by atoms with van der Waals surface area (Å²) in [7, 11) is 0. The fourth-order valence-corrected chi connectivity index (χ4v) is 2.49. The number of nitrogens with zero attached hydrogens (tertiary/aromatic N) is 1. The molecule has 0 saturated carbocycles. The van der Waals surface area contributed by atoms with Gasteiger partial charge >= 0.3 is 0 Å². The van der Waals surface area contributed by atoms with E-state index in [0.717, 1.165) is 16.9 Å². The summed E-state index contributed by atoms with van der Waals surface area (Å²) in [6.45, 7) is 4.29. The molecule has 0 aliphatic rings. The zero-order valence-electron chi connectivity index (χ0n) is 13.4. The highest BCUT2D eigenvalue weighted by Gasteiger charge is 2.17. The molecule has 0 radical (unpaired) electrons. The van der Waals surface area contributed by atoms with Gasteiger partial charge in [0.2, 0.25) is 0 Å². The minimum atomic E-state index is -0.682. The van der Waals surface area contributed by atoms with E-state index in [2.05, 4.69) is 5.16 Å². The molecule has 126 valence electrons. The van der Waals surface area contributed by atoms with Crippen LogP contribution in [0.5, 0.6) is 5.75 Å². The maximum atomic E-state index is 11.7. The van der Waals surface area contributed by atoms with Crippen LogP contribution in [0.3, 0.4) is 0 Å². The number of carbonyl (C=O) groups is 1. The molecule has 0 heterocycles. The van der Waals surface area contributed by atoms with Crippen molar-refractivity contribution in [1.82, 2.24) is 0 Å². The predicted molar refractivity (Wildman–Crippen MR) is 96.0 cm³/mol. The Bertz CT molecular complexity index is 760. The van der Waals surface area contributed by atoms with Gasteiger partial charge in [-0.25, -0.2) is 0 Å². The summed E-state index contributed by atoms with van der Waals surface area (Å²) in [5.74, 6) is 0.717. The van der Waals surface area contributed by atoms with E-state index in [4.69, 9.17) is 32.8 Å². The number of benzene rings is 2. The minimum Gasteiger partial charge on any atom is -0.489 e. The second-order valence-electron chi connectivity index (χ2n) is 4.99. The molecular formula is C18H17Cl2NO3. The molecule has 6 heteroatoms. The van der Waals surface area contributed by atoms with Crippen molar-refractivity contribution in [2.24, 2.45) is 5.16 Å². The molecule has 0 fully saturated rings. The predicted octanol–water partition coefficient (Wildman–Crippen LogP) is 4.73. The highest BCUT2D eigenvalue weighted by Crippen LogP contribution is 2.23. The lowest BCUT2D eigenvalue weighted by atomic mass is 10.0. The Kier molecular flexibility index (Phi) is 6.64. The molecule has 0 atom stereocenters. The van der Waals surface area contributed by atoms with Gasteiger partial charge in [-0.3, -0.25) is 4.79 Å². The monoisotopic (exact) mass is 365 g/mol. The average Bonchev–Trinajstić information content (AvgIpc) is 2.55. The maximum absolute atomic E-state index is 11.7. The molecular weight excluding hydrogens is 349 g/mol. The number of carbonyl (C=O) groups excluding carboxylic acids is 1. The standard InChI is InChI=1S/C18H17Cl2NO3/c1-3-24-21-17(18(20)22)15-7-5-4-6-13(15)11-23-16-9-8-14(19)10-12(16)2/h4-10H,3,11H2,1-2H3/b21-17-. The van der Waals surface area contributed by atoms with E-state index >= 15 is 0 Å². The van der Waals surface area contributed by atoms with Gasteiger partial charge in [0.25, 0.3) is 5.24 Å². The molecule has 0 aliphatic carbocycles. The summed E-state index contributed by atoms with van der Waals surface area (Å²) in [4.78, 5) is 16.7. The molecule has 4 nitrogen and oxygen atoms in total. The van der Waals surface area contributed by atoms with E-state index in [-0.39, 0.29) is 12.3 Å². The largest absolute Gasteiger partial charge is 0.489 e. The Morgan fingerprint density at radius 3 is 2.62 bits per heavy atom. The second-order valence-corrected chi connectivity index (χ2v) is 5.77. The molecule has 0 spiro atoms. The van der Waals surface area contributed by atoms with Gasteiger partial charge in [0.05, 0.1) is 0 Å². The quantitative estimate of drug-likeness (QED) is 0.404. The van der Waals surface area contributed by atoms with Crippen LogP contribution in [0.2, 0.25) is 5.02 Å². The van der Waals surface area contributed by atoms with Crippen molar-refractivity contribution >= 4 is 34.2 Å². The molecule has 2 rings (SSSR count). The van der Waals surface area contributed by atoms with Gasteiger partial charge in [-0.2, -0.15) is 0 Å². The smallest absolute Gasteiger partial charge is 0.274 e. The fraction of sp³-hybridized carbons (Fsp3) is 0.222. The minimum absolute atomic E-state index is 0.0607. The van der Waals surface area contributed by atoms with Crippen molar-refractivity contribution < 1.29 is 14.4 Å². The SMILES string of the molecule is CCO/N=C(\C(=O)Cl)c1ccccc1COc1ccc(Cl)cc1C. The first-order valence-corrected chi connectivity index (χ1v) is 8.15. The molecule has 2 aromatic rings. The summed E-state index contributed by atoms with van der Waals surface area (Å²) < 4.78 is 5.84. The molecule has 0 bridgehead atoms. The Labute approximate surface area is 151 Å². The van der Waals surface area contributed by atoms with Crippen LogP contribution < -0.4 is 4.74 Å². The van der Waals surface area contributed by atoms with Gasteiger partial charge in [0.15, 0.2) is 5.71 Å². The zero-order valence-corrected chi connectivity index (χ0v) is 14.9. The van der Waals surface area contributed by atoms with Crippen LogP contribution in [-0.4, -0.2) is 17.6 Å². The van der Waals surface area contributed by atoms with E-state index in [1.54, 1.807) is 25.1 Å². The van der Waals surface area contributed by atoms with E-state index in [9.17, 15) is 4.79 Å². The topological polar surface area (TPSA) is 47.9 Å². The van der Waals surface area contributed by atoms with E-state index in [1.807, 2.05) is 31.2 Å². The number of aryl methyl sites for hydroxylation is 1. The van der Waals surface area contributed by atoms with Crippen LogP contribution in [0.4, 0.5) is 0 Å². The second kappa shape index (κ2) is 8.71. The molecule has 24 heavy (non-hydrogen) atoms. The van der Waals surface area contributed by atoms with Crippen LogP contribution in [0, 0.1) is 6.92 Å². The van der Waals surface area contributed by atoms with Gasteiger partial charge in [-0.15, -0.1) is 0 Å². The summed E-state index contributed by atoms with van der Waals surface area (Å²) in [6.07, 6.45) is 0. The molecule has 0 aromatic heterocycles. The Morgan fingerprint density at radius 1 is 1.21 bits per heavy atom. The third kappa shape index (κ3) is 4.73. The fourth-order valence-electron chi connectivity index (χ4n) is 2.13. The highest BCUT2D eigenvalue weighted by molar-refractivity contribution is 6.84. The molecule has 2 aromatic carbocycles. The maximum Gasteiger partial charge on any atom is 0.274 e. The van der Waals surface area contributed by atoms with Crippen molar-refractivity contribution in [3.05, 3.63) is 64.2 Å². The van der Waals surface area contributed by atoms with Gasteiger partial charge in [0, 0.05) is 10.6 Å². The third-order valence-corrected chi connectivity index (χ3v) is 3.68. The van der Waals surface area contributed by atoms with Gasteiger partial charge < -0.3 is 9.57 Å². The zero-order chi connectivity index (χ0) is 17.5. The Morgan fingerprint density at radius 2 is 1.96 bits per heavy atom. The Hall–Kier alpha value is -2.04. The average molecular weight is 366 g/mol. The molecule has 0 N–H and O–H groups in total. The number of halogens is 2. The van der Waals surface area contributed by atoms with Gasteiger partial charge in [0.1, 0.15) is 19.0 Å². The van der Waals surface area contributed by atoms with Crippen molar-refractivity contribution in [3.63, 3.8) is 0 Å². The number of hydrogen-bond acceptors (Lipinski definition) is 4. The van der Waals surface area contributed by atoms with E-state index in [0.29, 0.717) is 17.2 Å². The van der Waals surface area contributed by atoms with Crippen molar-refractivity contribution in [3.8, 4) is 5.75 Å². The first-order valence-electron chi connectivity index (χ1n) is 7.40. The van der Waals surface area contributed by atoms with Crippen LogP contribution in [-0.2, 0) is 16.2 Å². The number of hydrogen-bond donors (Lipinski definition) is 0. The first-order chi connectivity index (χ1) is 11.5. The summed E-state index contributed by atoms with van der Waals surface area (Å²) in [5.41, 5.74) is 2.35. The van der Waals surface area contributed by atoms with E-state index < -0.39 is 5.24 Å². The molecule has 0 amide bonds. The molecule has 0 saturated heterocycles. The van der Waals surface area contributed by atoms with Crippen LogP contribution >= 0.6 is 23.2 Å². The third-order valence-electron chi connectivity index (χ3n) is 3.26. The van der Waals surface area contributed by atoms with Crippen molar-refractivity contribution in [1.29, 1.82) is 0 Å². The summed E-state index contributed by atoms with van der Waals surface area (Å²) in [5, 5.41) is 3.79. The van der Waals surface area contributed by atoms with Crippen LogP contribution in [0.25, 0.3) is 0 Å². The first kappa shape index (κ1) is 18.3. The number of rotatable bonds is 7. The van der Waals surface area contributed by atoms with Gasteiger partial charge in [-0.1, -0.05) is 41.0 Å². The summed E-state index contributed by atoms with van der Waals surface area (Å²) >= 11 is 11.6. The van der Waals surface area contributed by atoms with Crippen LogP contribution in [0.1, 0.15) is 23.6 Å². The number of oxime groups is 1. The lowest BCUT2D eigenvalue weighted by Gasteiger charge is -2.12. The molecule has 0 aliphatic heterocycles. The number of ether oxygens (including phenoxy) is 1. The lowest BCUT2D eigenvalue weighted by molar-refractivity contribution is -0.106. The van der Waals surface area contributed by atoms with Crippen molar-refractivity contribution in [2.45, 2.75) is 20.5 Å². The normalized spacial score (nSPS) is 11.2. The highest BCUT2D eigenvalue weighted by atomic mass is 35.5.